The summed E-state index contributed by atoms with van der Waals surface area (Å²) in [6.45, 7) is 3.01. The van der Waals surface area contributed by atoms with Gasteiger partial charge in [0.15, 0.2) is 0 Å². The van der Waals surface area contributed by atoms with E-state index >= 15 is 0 Å². The van der Waals surface area contributed by atoms with Crippen LogP contribution in [-0.2, 0) is 11.3 Å². The lowest BCUT2D eigenvalue weighted by Crippen LogP contribution is -2.47. The number of amides is 2. The van der Waals surface area contributed by atoms with Gasteiger partial charge in [-0.3, -0.25) is 4.90 Å². The molecule has 5 nitrogen and oxygen atoms in total. The molecule has 18 heavy (non-hydrogen) atoms. The molecular weight excluding hydrogens is 230 g/mol. The number of hydrogen-bond acceptors (Lipinski definition) is 3. The van der Waals surface area contributed by atoms with Crippen molar-refractivity contribution in [2.45, 2.75) is 6.54 Å². The minimum Gasteiger partial charge on any atom is -0.378 e. The maximum atomic E-state index is 12.3. The molecule has 2 rings (SSSR count). The third-order valence-corrected chi connectivity index (χ3v) is 3.10. The summed E-state index contributed by atoms with van der Waals surface area (Å²) < 4.78 is 5.24. The topological polar surface area (TPSA) is 58.8 Å². The third-order valence-electron chi connectivity index (χ3n) is 3.10. The van der Waals surface area contributed by atoms with Gasteiger partial charge in [-0.25, -0.2) is 4.79 Å². The predicted octanol–water partition coefficient (Wildman–Crippen LogP) is 1.03. The number of nitrogens with two attached hydrogens (primary N) is 1. The van der Waals surface area contributed by atoms with Crippen molar-refractivity contribution in [2.24, 2.45) is 5.73 Å². The van der Waals surface area contributed by atoms with Gasteiger partial charge in [0.1, 0.15) is 0 Å². The number of anilines is 1. The van der Waals surface area contributed by atoms with Crippen LogP contribution in [-0.4, -0.2) is 44.3 Å². The van der Waals surface area contributed by atoms with E-state index in [1.165, 1.54) is 0 Å². The summed E-state index contributed by atoms with van der Waals surface area (Å²) in [7, 11) is 1.79. The molecule has 1 aliphatic rings. The van der Waals surface area contributed by atoms with Crippen molar-refractivity contribution < 1.29 is 9.53 Å². The summed E-state index contributed by atoms with van der Waals surface area (Å²) in [5.74, 6) is 0. The first-order chi connectivity index (χ1) is 8.72. The molecule has 1 heterocycles. The van der Waals surface area contributed by atoms with E-state index in [1.807, 2.05) is 24.3 Å². The van der Waals surface area contributed by atoms with Crippen LogP contribution in [0, 0.1) is 0 Å². The van der Waals surface area contributed by atoms with Crippen molar-refractivity contribution in [1.82, 2.24) is 4.90 Å². The van der Waals surface area contributed by atoms with Crippen LogP contribution in [0.4, 0.5) is 10.5 Å². The Hall–Kier alpha value is -1.59. The zero-order valence-electron chi connectivity index (χ0n) is 10.6. The number of rotatable bonds is 2. The van der Waals surface area contributed by atoms with Crippen LogP contribution in [0.15, 0.2) is 24.3 Å². The summed E-state index contributed by atoms with van der Waals surface area (Å²) in [5, 5.41) is 0. The second kappa shape index (κ2) is 5.84. The fraction of sp³-hybridized carbons (Fsp3) is 0.462. The fourth-order valence-corrected chi connectivity index (χ4v) is 1.97. The van der Waals surface area contributed by atoms with Gasteiger partial charge >= 0.3 is 6.03 Å². The van der Waals surface area contributed by atoms with E-state index in [0.29, 0.717) is 32.8 Å². The zero-order chi connectivity index (χ0) is 13.0. The predicted molar refractivity (Wildman–Crippen MR) is 70.5 cm³/mol. The molecule has 0 spiro atoms. The lowest BCUT2D eigenvalue weighted by molar-refractivity contribution is 0.0551. The van der Waals surface area contributed by atoms with Gasteiger partial charge in [0.2, 0.25) is 0 Å². The number of ether oxygens (including phenoxy) is 1. The van der Waals surface area contributed by atoms with Gasteiger partial charge in [-0.1, -0.05) is 12.1 Å². The van der Waals surface area contributed by atoms with Gasteiger partial charge in [0.05, 0.1) is 13.2 Å². The quantitative estimate of drug-likeness (QED) is 0.851. The molecule has 0 unspecified atom stereocenters. The van der Waals surface area contributed by atoms with E-state index in [4.69, 9.17) is 10.5 Å². The Morgan fingerprint density at radius 3 is 2.83 bits per heavy atom. The molecule has 0 aromatic heterocycles. The van der Waals surface area contributed by atoms with E-state index in [-0.39, 0.29) is 6.03 Å². The fourth-order valence-electron chi connectivity index (χ4n) is 1.97. The Labute approximate surface area is 107 Å². The molecular formula is C13H19N3O2. The number of nitrogens with zero attached hydrogens (tertiary/aromatic N) is 2. The number of morpholine rings is 1. The summed E-state index contributed by atoms with van der Waals surface area (Å²) >= 11 is 0. The Bertz CT molecular complexity index is 416. The standard InChI is InChI=1S/C13H19N3O2/c1-15(12-4-2-3-11(9-12)10-14)13(17)16-5-7-18-8-6-16/h2-4,9H,5-8,10,14H2,1H3. The largest absolute Gasteiger partial charge is 0.378 e. The van der Waals surface area contributed by atoms with E-state index in [2.05, 4.69) is 0 Å². The maximum absolute atomic E-state index is 12.3. The maximum Gasteiger partial charge on any atom is 0.324 e. The third kappa shape index (κ3) is 2.80. The summed E-state index contributed by atoms with van der Waals surface area (Å²) in [4.78, 5) is 15.7. The number of carbonyl (C=O) groups excluding carboxylic acids is 1. The Kier molecular flexibility index (Phi) is 4.17. The van der Waals surface area contributed by atoms with Crippen LogP contribution in [0.5, 0.6) is 0 Å². The average Bonchev–Trinajstić information content (AvgIpc) is 2.46. The smallest absolute Gasteiger partial charge is 0.324 e. The van der Waals surface area contributed by atoms with Crippen molar-refractivity contribution in [3.63, 3.8) is 0 Å². The van der Waals surface area contributed by atoms with E-state index in [1.54, 1.807) is 16.8 Å². The summed E-state index contributed by atoms with van der Waals surface area (Å²) in [6, 6.07) is 7.74. The van der Waals surface area contributed by atoms with Gasteiger partial charge in [-0.15, -0.1) is 0 Å². The second-order valence-corrected chi connectivity index (χ2v) is 4.32. The Morgan fingerprint density at radius 2 is 2.17 bits per heavy atom. The highest BCUT2D eigenvalue weighted by molar-refractivity contribution is 5.91. The van der Waals surface area contributed by atoms with Crippen LogP contribution in [0.3, 0.4) is 0 Å². The molecule has 1 aliphatic heterocycles. The Balaban J connectivity index is 2.09. The number of urea groups is 1. The van der Waals surface area contributed by atoms with Gasteiger partial charge in [0.25, 0.3) is 0 Å². The lowest BCUT2D eigenvalue weighted by Gasteiger charge is -2.31. The molecule has 1 fully saturated rings. The molecule has 0 bridgehead atoms. The highest BCUT2D eigenvalue weighted by atomic mass is 16.5. The summed E-state index contributed by atoms with van der Waals surface area (Å²) in [5.41, 5.74) is 7.50. The summed E-state index contributed by atoms with van der Waals surface area (Å²) in [6.07, 6.45) is 0. The molecule has 98 valence electrons. The second-order valence-electron chi connectivity index (χ2n) is 4.32. The van der Waals surface area contributed by atoms with Crippen molar-refractivity contribution >= 4 is 11.7 Å². The number of hydrogen-bond donors (Lipinski definition) is 1. The number of benzene rings is 1. The van der Waals surface area contributed by atoms with E-state index < -0.39 is 0 Å². The van der Waals surface area contributed by atoms with Crippen molar-refractivity contribution in [1.29, 1.82) is 0 Å². The molecule has 5 heteroatoms. The van der Waals surface area contributed by atoms with Crippen LogP contribution in [0.1, 0.15) is 5.56 Å². The van der Waals surface area contributed by atoms with Gasteiger partial charge < -0.3 is 15.4 Å². The average molecular weight is 249 g/mol. The number of carbonyl (C=O) groups is 1. The first kappa shape index (κ1) is 12.9. The molecule has 1 saturated heterocycles. The van der Waals surface area contributed by atoms with E-state index in [9.17, 15) is 4.79 Å². The minimum absolute atomic E-state index is 0.00692. The highest BCUT2D eigenvalue weighted by Gasteiger charge is 2.21. The monoisotopic (exact) mass is 249 g/mol. The molecule has 0 atom stereocenters. The Morgan fingerprint density at radius 1 is 1.44 bits per heavy atom. The van der Waals surface area contributed by atoms with Crippen molar-refractivity contribution in [2.75, 3.05) is 38.3 Å². The van der Waals surface area contributed by atoms with Gasteiger partial charge in [-0.2, -0.15) is 0 Å². The molecule has 1 aromatic rings. The van der Waals surface area contributed by atoms with Crippen LogP contribution < -0.4 is 10.6 Å². The minimum atomic E-state index is 0.00692. The first-order valence-corrected chi connectivity index (χ1v) is 6.12. The van der Waals surface area contributed by atoms with Crippen molar-refractivity contribution in [3.05, 3.63) is 29.8 Å². The van der Waals surface area contributed by atoms with E-state index in [0.717, 1.165) is 11.3 Å². The first-order valence-electron chi connectivity index (χ1n) is 6.12. The van der Waals surface area contributed by atoms with Crippen LogP contribution >= 0.6 is 0 Å². The van der Waals surface area contributed by atoms with Crippen molar-refractivity contribution in [3.8, 4) is 0 Å². The SMILES string of the molecule is CN(C(=O)N1CCOCC1)c1cccc(CN)c1. The highest BCUT2D eigenvalue weighted by Crippen LogP contribution is 2.16. The van der Waals surface area contributed by atoms with Gasteiger partial charge in [0, 0.05) is 32.4 Å². The van der Waals surface area contributed by atoms with Gasteiger partial charge in [-0.05, 0) is 17.7 Å². The van der Waals surface area contributed by atoms with Crippen LogP contribution in [0.2, 0.25) is 0 Å². The zero-order valence-corrected chi connectivity index (χ0v) is 10.6. The molecule has 0 saturated carbocycles. The molecule has 2 N–H and O–H groups in total. The lowest BCUT2D eigenvalue weighted by atomic mass is 10.2. The molecule has 1 aromatic carbocycles. The molecule has 2 amide bonds. The normalized spacial score (nSPS) is 15.6. The van der Waals surface area contributed by atoms with Crippen LogP contribution in [0.25, 0.3) is 0 Å². The molecule has 0 aliphatic carbocycles. The molecule has 0 radical (unpaired) electrons.